The van der Waals surface area contributed by atoms with E-state index in [-0.39, 0.29) is 0 Å². The summed E-state index contributed by atoms with van der Waals surface area (Å²) in [6.07, 6.45) is 0. The van der Waals surface area contributed by atoms with Gasteiger partial charge in [-0.05, 0) is 6.92 Å². The van der Waals surface area contributed by atoms with Gasteiger partial charge in [-0.15, -0.1) is 11.3 Å². The second kappa shape index (κ2) is 6.44. The largest absolute Gasteiger partial charge is 0.383 e. The number of thiazole rings is 1. The number of hydrogen-bond donors (Lipinski definition) is 0. The summed E-state index contributed by atoms with van der Waals surface area (Å²) in [5.41, 5.74) is 3.11. The molecule has 0 amide bonds. The van der Waals surface area contributed by atoms with Crippen LogP contribution < -0.4 is 0 Å². The van der Waals surface area contributed by atoms with E-state index in [0.29, 0.717) is 6.04 Å². The van der Waals surface area contributed by atoms with Crippen LogP contribution in [0.5, 0.6) is 0 Å². The van der Waals surface area contributed by atoms with E-state index in [4.69, 9.17) is 4.74 Å². The Balaban J connectivity index is 1.78. The molecule has 96 valence electrons. The molecule has 1 aromatic heterocycles. The van der Waals surface area contributed by atoms with Gasteiger partial charge in [-0.1, -0.05) is 0 Å². The van der Waals surface area contributed by atoms with Crippen LogP contribution in [0.25, 0.3) is 0 Å². The lowest BCUT2D eigenvalue weighted by atomic mass is 10.2. The van der Waals surface area contributed by atoms with Gasteiger partial charge in [0, 0.05) is 51.3 Å². The molecule has 0 bridgehead atoms. The number of piperazine rings is 1. The van der Waals surface area contributed by atoms with Crippen molar-refractivity contribution in [1.82, 2.24) is 14.8 Å². The summed E-state index contributed by atoms with van der Waals surface area (Å²) >= 11 is 1.68. The first-order valence-corrected chi connectivity index (χ1v) is 7.06. The number of ether oxygens (including phenoxy) is 1. The summed E-state index contributed by atoms with van der Waals surface area (Å²) in [5, 5.41) is 2.14. The van der Waals surface area contributed by atoms with Crippen molar-refractivity contribution < 1.29 is 4.74 Å². The van der Waals surface area contributed by atoms with E-state index in [0.717, 1.165) is 39.3 Å². The second-order valence-corrected chi connectivity index (χ2v) is 5.31. The molecule has 1 fully saturated rings. The number of hydrogen-bond acceptors (Lipinski definition) is 5. The summed E-state index contributed by atoms with van der Waals surface area (Å²) in [7, 11) is 1.77. The van der Waals surface area contributed by atoms with E-state index in [2.05, 4.69) is 27.1 Å². The van der Waals surface area contributed by atoms with Gasteiger partial charge in [0.2, 0.25) is 0 Å². The molecule has 1 saturated heterocycles. The molecule has 0 N–H and O–H groups in total. The van der Waals surface area contributed by atoms with Gasteiger partial charge in [-0.25, -0.2) is 4.98 Å². The maximum atomic E-state index is 5.14. The molecule has 1 atom stereocenters. The fourth-order valence-corrected chi connectivity index (χ4v) is 2.85. The summed E-state index contributed by atoms with van der Waals surface area (Å²) in [6, 6.07) is 0.609. The van der Waals surface area contributed by atoms with E-state index in [1.165, 1.54) is 5.69 Å². The molecule has 0 aromatic carbocycles. The fraction of sp³-hybridized carbons (Fsp3) is 0.750. The van der Waals surface area contributed by atoms with E-state index in [9.17, 15) is 0 Å². The molecule has 5 heteroatoms. The Bertz CT molecular complexity index is 318. The fourth-order valence-electron chi connectivity index (χ4n) is 2.30. The molecule has 2 heterocycles. The molecule has 0 radical (unpaired) electrons. The normalized spacial score (nSPS) is 23.1. The van der Waals surface area contributed by atoms with Crippen LogP contribution in [0.15, 0.2) is 10.9 Å². The van der Waals surface area contributed by atoms with Crippen molar-refractivity contribution in [2.24, 2.45) is 0 Å². The Morgan fingerprint density at radius 3 is 3.06 bits per heavy atom. The van der Waals surface area contributed by atoms with Crippen molar-refractivity contribution in [3.8, 4) is 0 Å². The zero-order valence-corrected chi connectivity index (χ0v) is 11.4. The number of methoxy groups -OCH3 is 1. The van der Waals surface area contributed by atoms with Gasteiger partial charge in [0.25, 0.3) is 0 Å². The Hall–Kier alpha value is -0.490. The molecule has 2 rings (SSSR count). The Morgan fingerprint density at radius 1 is 1.53 bits per heavy atom. The van der Waals surface area contributed by atoms with Crippen LogP contribution in [-0.2, 0) is 11.3 Å². The molecule has 0 saturated carbocycles. The topological polar surface area (TPSA) is 28.6 Å². The Labute approximate surface area is 107 Å². The minimum atomic E-state index is 0.609. The highest BCUT2D eigenvalue weighted by atomic mass is 32.1. The highest BCUT2D eigenvalue weighted by Gasteiger charge is 2.23. The SMILES string of the molecule is COCCN1CCN(Cc2cscn2)C[C@@H]1C. The average molecular weight is 255 g/mol. The van der Waals surface area contributed by atoms with Gasteiger partial charge < -0.3 is 4.74 Å². The lowest BCUT2D eigenvalue weighted by molar-refractivity contribution is 0.0553. The summed E-state index contributed by atoms with van der Waals surface area (Å²) in [6.45, 7) is 8.55. The van der Waals surface area contributed by atoms with Crippen LogP contribution in [0.4, 0.5) is 0 Å². The molecule has 1 aromatic rings. The lowest BCUT2D eigenvalue weighted by Gasteiger charge is -2.39. The van der Waals surface area contributed by atoms with E-state index < -0.39 is 0 Å². The highest BCUT2D eigenvalue weighted by Crippen LogP contribution is 2.12. The van der Waals surface area contributed by atoms with Gasteiger partial charge in [0.1, 0.15) is 0 Å². The van der Waals surface area contributed by atoms with Gasteiger partial charge in [0.05, 0.1) is 17.8 Å². The van der Waals surface area contributed by atoms with Crippen molar-refractivity contribution in [2.45, 2.75) is 19.5 Å². The molecule has 0 spiro atoms. The third-order valence-corrected chi connectivity index (χ3v) is 3.94. The van der Waals surface area contributed by atoms with Crippen molar-refractivity contribution in [2.75, 3.05) is 39.9 Å². The molecule has 1 aliphatic heterocycles. The molecule has 0 aliphatic carbocycles. The number of aromatic nitrogens is 1. The van der Waals surface area contributed by atoms with Crippen LogP contribution in [0.1, 0.15) is 12.6 Å². The summed E-state index contributed by atoms with van der Waals surface area (Å²) in [4.78, 5) is 9.34. The molecular formula is C12H21N3OS. The van der Waals surface area contributed by atoms with Gasteiger partial charge in [-0.3, -0.25) is 9.80 Å². The monoisotopic (exact) mass is 255 g/mol. The van der Waals surface area contributed by atoms with Crippen molar-refractivity contribution >= 4 is 11.3 Å². The highest BCUT2D eigenvalue weighted by molar-refractivity contribution is 7.07. The maximum absolute atomic E-state index is 5.14. The summed E-state index contributed by atoms with van der Waals surface area (Å²) < 4.78 is 5.14. The smallest absolute Gasteiger partial charge is 0.0795 e. The molecular weight excluding hydrogens is 234 g/mol. The Kier molecular flexibility index (Phi) is 4.91. The predicted octanol–water partition coefficient (Wildman–Crippen LogP) is 1.30. The predicted molar refractivity (Wildman–Crippen MR) is 70.3 cm³/mol. The molecule has 17 heavy (non-hydrogen) atoms. The molecule has 1 aliphatic rings. The van der Waals surface area contributed by atoms with Gasteiger partial charge >= 0.3 is 0 Å². The Morgan fingerprint density at radius 2 is 2.41 bits per heavy atom. The first-order chi connectivity index (χ1) is 8.29. The lowest BCUT2D eigenvalue weighted by Crippen LogP contribution is -2.52. The van der Waals surface area contributed by atoms with Crippen molar-refractivity contribution in [1.29, 1.82) is 0 Å². The van der Waals surface area contributed by atoms with Crippen molar-refractivity contribution in [3.05, 3.63) is 16.6 Å². The van der Waals surface area contributed by atoms with Crippen LogP contribution in [0.2, 0.25) is 0 Å². The molecule has 0 unspecified atom stereocenters. The molecule has 4 nitrogen and oxygen atoms in total. The quantitative estimate of drug-likeness (QED) is 0.793. The number of rotatable bonds is 5. The third-order valence-electron chi connectivity index (χ3n) is 3.30. The van der Waals surface area contributed by atoms with E-state index >= 15 is 0 Å². The first-order valence-electron chi connectivity index (χ1n) is 6.12. The minimum absolute atomic E-state index is 0.609. The van der Waals surface area contributed by atoms with Crippen LogP contribution in [0.3, 0.4) is 0 Å². The standard InChI is InChI=1S/C12H21N3OS/c1-11-7-14(8-12-9-17-10-13-12)3-4-15(11)5-6-16-2/h9-11H,3-8H2,1-2H3/t11-/m0/s1. The summed E-state index contributed by atoms with van der Waals surface area (Å²) in [5.74, 6) is 0. The third kappa shape index (κ3) is 3.74. The van der Waals surface area contributed by atoms with Gasteiger partial charge in [-0.2, -0.15) is 0 Å². The number of nitrogens with zero attached hydrogens (tertiary/aromatic N) is 3. The zero-order chi connectivity index (χ0) is 12.1. The van der Waals surface area contributed by atoms with E-state index in [1.54, 1.807) is 18.4 Å². The van der Waals surface area contributed by atoms with Crippen molar-refractivity contribution in [3.63, 3.8) is 0 Å². The maximum Gasteiger partial charge on any atom is 0.0795 e. The zero-order valence-electron chi connectivity index (χ0n) is 10.6. The van der Waals surface area contributed by atoms with Gasteiger partial charge in [0.15, 0.2) is 0 Å². The van der Waals surface area contributed by atoms with Crippen LogP contribution >= 0.6 is 11.3 Å². The van der Waals surface area contributed by atoms with Crippen LogP contribution in [-0.4, -0.2) is 60.7 Å². The first kappa shape index (κ1) is 13.0. The minimum Gasteiger partial charge on any atom is -0.383 e. The van der Waals surface area contributed by atoms with E-state index in [1.807, 2.05) is 5.51 Å². The second-order valence-electron chi connectivity index (χ2n) is 4.59. The van der Waals surface area contributed by atoms with Crippen LogP contribution in [0, 0.1) is 0 Å². The average Bonchev–Trinajstić information content (AvgIpc) is 2.81.